The Bertz CT molecular complexity index is 895. The van der Waals surface area contributed by atoms with Gasteiger partial charge in [-0.05, 0) is 31.0 Å². The zero-order valence-electron chi connectivity index (χ0n) is 13.5. The lowest BCUT2D eigenvalue weighted by Crippen LogP contribution is -2.45. The summed E-state index contributed by atoms with van der Waals surface area (Å²) in [6, 6.07) is 5.61. The predicted octanol–water partition coefficient (Wildman–Crippen LogP) is 3.63. The van der Waals surface area contributed by atoms with Crippen molar-refractivity contribution in [2.45, 2.75) is 30.7 Å². The first-order chi connectivity index (χ1) is 12.4. The third kappa shape index (κ3) is 2.73. The van der Waals surface area contributed by atoms with Crippen molar-refractivity contribution in [3.63, 3.8) is 0 Å². The molecule has 2 aliphatic rings. The lowest BCUT2D eigenvalue weighted by Gasteiger charge is -2.33. The van der Waals surface area contributed by atoms with Gasteiger partial charge in [-0.2, -0.15) is 0 Å². The Kier molecular flexibility index (Phi) is 4.29. The highest BCUT2D eigenvalue weighted by Crippen LogP contribution is 2.44. The Morgan fingerprint density at radius 1 is 1.42 bits per heavy atom. The number of pyridine rings is 1. The van der Waals surface area contributed by atoms with Crippen LogP contribution in [0.25, 0.3) is 0 Å². The van der Waals surface area contributed by atoms with Crippen molar-refractivity contribution in [1.82, 2.24) is 10.3 Å². The molecule has 0 saturated heterocycles. The number of nitrogens with one attached hydrogen (secondary N) is 1. The Morgan fingerprint density at radius 3 is 3.04 bits per heavy atom. The number of carbonyl (C=O) groups excluding carboxylic acids is 1. The van der Waals surface area contributed by atoms with Crippen LogP contribution in [0, 0.1) is 0 Å². The maximum absolute atomic E-state index is 15.7. The molecule has 0 saturated carbocycles. The van der Waals surface area contributed by atoms with Gasteiger partial charge in [-0.25, -0.2) is 4.39 Å². The summed E-state index contributed by atoms with van der Waals surface area (Å²) in [4.78, 5) is 16.9. The van der Waals surface area contributed by atoms with Crippen LogP contribution in [0.5, 0.6) is 5.75 Å². The standard InChI is InChI=1S/C18H15Cl2FN2O3/c19-9-6-11(20)15-12(8-26-14(15)7-9)23-17(25)18(21)4-3-13(24)16-10(18)2-1-5-22-16/h1-2,5-7,12-13,24H,3-4,8H2,(H,23,25). The fraction of sp³-hybridized carbons (Fsp3) is 0.333. The molecule has 2 heterocycles. The van der Waals surface area contributed by atoms with Crippen LogP contribution in [0.15, 0.2) is 30.5 Å². The minimum atomic E-state index is -2.27. The van der Waals surface area contributed by atoms with Gasteiger partial charge in [0.15, 0.2) is 0 Å². The fourth-order valence-electron chi connectivity index (χ4n) is 3.52. The van der Waals surface area contributed by atoms with E-state index in [0.29, 0.717) is 21.4 Å². The molecule has 2 aromatic rings. The van der Waals surface area contributed by atoms with Gasteiger partial charge in [0.05, 0.1) is 22.9 Å². The van der Waals surface area contributed by atoms with Gasteiger partial charge in [-0.1, -0.05) is 29.3 Å². The number of benzene rings is 1. The first-order valence-corrected chi connectivity index (χ1v) is 8.91. The van der Waals surface area contributed by atoms with E-state index in [1.807, 2.05) is 0 Å². The summed E-state index contributed by atoms with van der Waals surface area (Å²) in [7, 11) is 0. The van der Waals surface area contributed by atoms with E-state index in [1.165, 1.54) is 12.3 Å². The topological polar surface area (TPSA) is 71.5 Å². The Morgan fingerprint density at radius 2 is 2.23 bits per heavy atom. The van der Waals surface area contributed by atoms with Crippen LogP contribution in [0.1, 0.15) is 41.8 Å². The van der Waals surface area contributed by atoms with Crippen LogP contribution in [-0.2, 0) is 10.5 Å². The smallest absolute Gasteiger partial charge is 0.263 e. The maximum atomic E-state index is 15.7. The van der Waals surface area contributed by atoms with Crippen molar-refractivity contribution in [3.8, 4) is 5.75 Å². The normalized spacial score (nSPS) is 26.6. The number of hydrogen-bond acceptors (Lipinski definition) is 4. The molecular formula is C18H15Cl2FN2O3. The molecular weight excluding hydrogens is 382 g/mol. The van der Waals surface area contributed by atoms with Gasteiger partial charge in [-0.15, -0.1) is 0 Å². The summed E-state index contributed by atoms with van der Waals surface area (Å²) in [5.41, 5.74) is -1.40. The molecule has 1 amide bonds. The van der Waals surface area contributed by atoms with E-state index in [-0.39, 0.29) is 30.7 Å². The summed E-state index contributed by atoms with van der Waals surface area (Å²) in [5, 5.41) is 13.5. The molecule has 3 atom stereocenters. The van der Waals surface area contributed by atoms with Crippen molar-refractivity contribution in [1.29, 1.82) is 0 Å². The number of hydrogen-bond donors (Lipinski definition) is 2. The van der Waals surface area contributed by atoms with Crippen LogP contribution in [0.3, 0.4) is 0 Å². The van der Waals surface area contributed by atoms with E-state index in [2.05, 4.69) is 10.3 Å². The van der Waals surface area contributed by atoms with E-state index in [9.17, 15) is 9.90 Å². The third-order valence-corrected chi connectivity index (χ3v) is 5.35. The highest BCUT2D eigenvalue weighted by Gasteiger charge is 2.48. The molecule has 0 fully saturated rings. The zero-order chi connectivity index (χ0) is 18.5. The van der Waals surface area contributed by atoms with Gasteiger partial charge in [-0.3, -0.25) is 9.78 Å². The van der Waals surface area contributed by atoms with Crippen LogP contribution < -0.4 is 10.1 Å². The minimum absolute atomic E-state index is 0.0950. The number of halogens is 3. The Balaban J connectivity index is 1.64. The molecule has 1 aromatic carbocycles. The lowest BCUT2D eigenvalue weighted by molar-refractivity contribution is -0.136. The number of nitrogens with zero attached hydrogens (tertiary/aromatic N) is 1. The van der Waals surface area contributed by atoms with Gasteiger partial charge < -0.3 is 15.2 Å². The lowest BCUT2D eigenvalue weighted by atomic mass is 9.80. The van der Waals surface area contributed by atoms with E-state index in [0.717, 1.165) is 0 Å². The van der Waals surface area contributed by atoms with E-state index in [1.54, 1.807) is 18.2 Å². The predicted molar refractivity (Wildman–Crippen MR) is 94.1 cm³/mol. The molecule has 0 bridgehead atoms. The number of fused-ring (bicyclic) bond motifs is 2. The largest absolute Gasteiger partial charge is 0.491 e. The highest BCUT2D eigenvalue weighted by molar-refractivity contribution is 6.35. The molecule has 1 aliphatic heterocycles. The van der Waals surface area contributed by atoms with Gasteiger partial charge >= 0.3 is 0 Å². The Hall–Kier alpha value is -1.89. The first kappa shape index (κ1) is 17.5. The van der Waals surface area contributed by atoms with Gasteiger partial charge in [0, 0.05) is 22.3 Å². The van der Waals surface area contributed by atoms with E-state index in [4.69, 9.17) is 27.9 Å². The van der Waals surface area contributed by atoms with E-state index >= 15 is 4.39 Å². The summed E-state index contributed by atoms with van der Waals surface area (Å²) in [6.07, 6.45) is 0.571. The second-order valence-corrected chi connectivity index (χ2v) is 7.27. The van der Waals surface area contributed by atoms with Crippen molar-refractivity contribution in [2.75, 3.05) is 6.61 Å². The summed E-state index contributed by atoms with van der Waals surface area (Å²) >= 11 is 12.2. The van der Waals surface area contributed by atoms with Crippen LogP contribution in [0.4, 0.5) is 4.39 Å². The third-order valence-electron chi connectivity index (χ3n) is 4.82. The van der Waals surface area contributed by atoms with Crippen LogP contribution >= 0.6 is 23.2 Å². The van der Waals surface area contributed by atoms with Gasteiger partial charge in [0.25, 0.3) is 5.91 Å². The summed E-state index contributed by atoms with van der Waals surface area (Å²) < 4.78 is 21.2. The quantitative estimate of drug-likeness (QED) is 0.812. The second-order valence-electron chi connectivity index (χ2n) is 6.43. The van der Waals surface area contributed by atoms with Crippen molar-refractivity contribution in [2.24, 2.45) is 0 Å². The SMILES string of the molecule is O=C(NC1COc2cc(Cl)cc(Cl)c21)C1(F)CCC(O)c2ncccc21. The number of ether oxygens (including phenoxy) is 1. The number of aromatic nitrogens is 1. The van der Waals surface area contributed by atoms with Gasteiger partial charge in [0.1, 0.15) is 12.4 Å². The zero-order valence-corrected chi connectivity index (χ0v) is 15.0. The number of alkyl halides is 1. The summed E-state index contributed by atoms with van der Waals surface area (Å²) in [5.74, 6) is -0.326. The molecule has 1 aromatic heterocycles. The van der Waals surface area contributed by atoms with Crippen LogP contribution in [-0.4, -0.2) is 22.6 Å². The number of rotatable bonds is 2. The average molecular weight is 397 g/mol. The number of amides is 1. The molecule has 1 aliphatic carbocycles. The first-order valence-electron chi connectivity index (χ1n) is 8.15. The van der Waals surface area contributed by atoms with Crippen LogP contribution in [0.2, 0.25) is 10.0 Å². The van der Waals surface area contributed by atoms with Gasteiger partial charge in [0.2, 0.25) is 5.67 Å². The number of aliphatic hydroxyl groups excluding tert-OH is 1. The molecule has 2 N–H and O–H groups in total. The highest BCUT2D eigenvalue weighted by atomic mass is 35.5. The fourth-order valence-corrected chi connectivity index (χ4v) is 4.13. The summed E-state index contributed by atoms with van der Waals surface area (Å²) in [6.45, 7) is 0.139. The maximum Gasteiger partial charge on any atom is 0.263 e. The second kappa shape index (κ2) is 6.37. The molecule has 136 valence electrons. The van der Waals surface area contributed by atoms with Crippen molar-refractivity contribution >= 4 is 29.1 Å². The molecule has 26 heavy (non-hydrogen) atoms. The van der Waals surface area contributed by atoms with Crippen molar-refractivity contribution in [3.05, 3.63) is 57.3 Å². The number of aliphatic hydroxyl groups is 1. The molecule has 5 nitrogen and oxygen atoms in total. The van der Waals surface area contributed by atoms with Crippen molar-refractivity contribution < 1.29 is 19.0 Å². The molecule has 4 rings (SSSR count). The molecule has 3 unspecified atom stereocenters. The molecule has 8 heteroatoms. The monoisotopic (exact) mass is 396 g/mol. The molecule has 0 radical (unpaired) electrons. The number of carbonyl (C=O) groups is 1. The minimum Gasteiger partial charge on any atom is -0.491 e. The Labute approximate surface area is 159 Å². The average Bonchev–Trinajstić information content (AvgIpc) is 3.01. The van der Waals surface area contributed by atoms with E-state index < -0.39 is 23.7 Å². The molecule has 0 spiro atoms.